The largest absolute Gasteiger partial charge is 0.494 e. The fourth-order valence-electron chi connectivity index (χ4n) is 5.91. The van der Waals surface area contributed by atoms with Gasteiger partial charge >= 0.3 is 0 Å². The molecule has 1 saturated heterocycles. The van der Waals surface area contributed by atoms with Gasteiger partial charge in [-0.05, 0) is 43.9 Å². The highest BCUT2D eigenvalue weighted by Gasteiger charge is 2.42. The molecule has 0 spiro atoms. The predicted molar refractivity (Wildman–Crippen MR) is 132 cm³/mol. The lowest BCUT2D eigenvalue weighted by molar-refractivity contribution is 0.0560. The molecule has 38 heavy (non-hydrogen) atoms. The highest BCUT2D eigenvalue weighted by Crippen LogP contribution is 2.44. The molecule has 3 aromatic heterocycles. The number of halogens is 3. The van der Waals surface area contributed by atoms with Gasteiger partial charge in [0.25, 0.3) is 0 Å². The standard InChI is InChI=1S/C27H25F3N6O2/c1-34-26(15-9-19(28)24(30)20(29)10-15)17-11-16-5-3-6-21(25(17)33-34)35(16)14-23(37)18-12-31-13-22(27(18)38-2)36-8-4-7-32-36/h4,7-10,12-13,16,21H,3,5-6,11,14H2,1-2H3/t16-,21+/m1/s1. The predicted octanol–water partition coefficient (Wildman–Crippen LogP) is 4.43. The van der Waals surface area contributed by atoms with Crippen molar-refractivity contribution in [1.29, 1.82) is 0 Å². The first-order valence-electron chi connectivity index (χ1n) is 12.4. The van der Waals surface area contributed by atoms with Crippen LogP contribution in [0.1, 0.15) is 46.9 Å². The quantitative estimate of drug-likeness (QED) is 0.276. The number of hydrogen-bond acceptors (Lipinski definition) is 6. The third-order valence-corrected chi connectivity index (χ3v) is 7.53. The minimum atomic E-state index is -1.49. The molecule has 8 nitrogen and oxygen atoms in total. The van der Waals surface area contributed by atoms with Crippen LogP contribution in [0.15, 0.2) is 43.0 Å². The third kappa shape index (κ3) is 3.89. The van der Waals surface area contributed by atoms with Crippen molar-refractivity contribution >= 4 is 5.78 Å². The smallest absolute Gasteiger partial charge is 0.194 e. The molecule has 2 aliphatic rings. The van der Waals surface area contributed by atoms with Gasteiger partial charge in [0.2, 0.25) is 0 Å². The molecule has 2 atom stereocenters. The Morgan fingerprint density at radius 1 is 1.16 bits per heavy atom. The summed E-state index contributed by atoms with van der Waals surface area (Å²) in [4.78, 5) is 20.0. The molecule has 0 aliphatic carbocycles. The minimum absolute atomic E-state index is 0.0385. The van der Waals surface area contributed by atoms with Crippen LogP contribution in [0.2, 0.25) is 0 Å². The van der Waals surface area contributed by atoms with E-state index in [0.717, 1.165) is 42.7 Å². The lowest BCUT2D eigenvalue weighted by Gasteiger charge is -2.45. The second-order valence-corrected chi connectivity index (χ2v) is 9.68. The van der Waals surface area contributed by atoms with Crippen molar-refractivity contribution in [3.8, 4) is 22.7 Å². The zero-order valence-corrected chi connectivity index (χ0v) is 20.9. The number of fused-ring (bicyclic) bond motifs is 4. The maximum absolute atomic E-state index is 14.1. The van der Waals surface area contributed by atoms with E-state index in [1.54, 1.807) is 41.1 Å². The summed E-state index contributed by atoms with van der Waals surface area (Å²) in [6.45, 7) is 0.140. The summed E-state index contributed by atoms with van der Waals surface area (Å²) in [6, 6.07) is 3.69. The van der Waals surface area contributed by atoms with Gasteiger partial charge in [-0.25, -0.2) is 17.9 Å². The second-order valence-electron chi connectivity index (χ2n) is 9.68. The van der Waals surface area contributed by atoms with Gasteiger partial charge in [0.1, 0.15) is 5.69 Å². The molecule has 5 heterocycles. The van der Waals surface area contributed by atoms with Crippen LogP contribution in [-0.2, 0) is 13.5 Å². The molecule has 1 fully saturated rings. The van der Waals surface area contributed by atoms with Gasteiger partial charge in [0.05, 0.1) is 42.8 Å². The van der Waals surface area contributed by atoms with Crippen LogP contribution in [0, 0.1) is 17.5 Å². The van der Waals surface area contributed by atoms with Gasteiger partial charge in [-0.2, -0.15) is 10.2 Å². The van der Waals surface area contributed by atoms with Crippen LogP contribution in [0.3, 0.4) is 0 Å². The van der Waals surface area contributed by atoms with Gasteiger partial charge in [-0.15, -0.1) is 0 Å². The summed E-state index contributed by atoms with van der Waals surface area (Å²) in [5, 5.41) is 8.95. The lowest BCUT2D eigenvalue weighted by Crippen LogP contribution is -2.48. The number of rotatable bonds is 6. The molecule has 0 radical (unpaired) electrons. The average molecular weight is 523 g/mol. The van der Waals surface area contributed by atoms with E-state index in [1.807, 2.05) is 0 Å². The molecular formula is C27H25F3N6O2. The van der Waals surface area contributed by atoms with Crippen LogP contribution in [0.4, 0.5) is 13.2 Å². The van der Waals surface area contributed by atoms with Gasteiger partial charge in [-0.1, -0.05) is 0 Å². The zero-order valence-electron chi connectivity index (χ0n) is 20.9. The molecule has 11 heteroatoms. The number of piperidine rings is 1. The van der Waals surface area contributed by atoms with Crippen LogP contribution >= 0.6 is 0 Å². The number of pyridine rings is 1. The van der Waals surface area contributed by atoms with E-state index in [1.165, 1.54) is 13.3 Å². The van der Waals surface area contributed by atoms with Crippen molar-refractivity contribution in [3.05, 3.63) is 77.3 Å². The number of carbonyl (C=O) groups excluding carboxylic acids is 1. The van der Waals surface area contributed by atoms with Crippen molar-refractivity contribution in [1.82, 2.24) is 29.4 Å². The number of Topliss-reactive ketones (excluding diaryl/α,β-unsaturated/α-hetero) is 1. The molecule has 4 aromatic rings. The summed E-state index contributed by atoms with van der Waals surface area (Å²) in [6.07, 6.45) is 9.69. The first-order valence-corrected chi connectivity index (χ1v) is 12.4. The van der Waals surface area contributed by atoms with Crippen LogP contribution < -0.4 is 4.74 Å². The normalized spacial score (nSPS) is 18.9. The maximum atomic E-state index is 14.1. The molecule has 0 amide bonds. The Hall–Kier alpha value is -3.99. The van der Waals surface area contributed by atoms with E-state index in [2.05, 4.69) is 15.0 Å². The number of hydrogen-bond donors (Lipinski definition) is 0. The number of nitrogens with zero attached hydrogens (tertiary/aromatic N) is 6. The summed E-state index contributed by atoms with van der Waals surface area (Å²) < 4.78 is 50.6. The van der Waals surface area contributed by atoms with Crippen LogP contribution in [-0.4, -0.2) is 54.9 Å². The van der Waals surface area contributed by atoms with Crippen LogP contribution in [0.5, 0.6) is 5.75 Å². The molecule has 0 unspecified atom stereocenters. The Bertz CT molecular complexity index is 1510. The van der Waals surface area contributed by atoms with Crippen molar-refractivity contribution in [2.75, 3.05) is 13.7 Å². The molecule has 0 N–H and O–H groups in total. The number of aryl methyl sites for hydroxylation is 1. The minimum Gasteiger partial charge on any atom is -0.494 e. The van der Waals surface area contributed by atoms with Crippen LogP contribution in [0.25, 0.3) is 16.9 Å². The fourth-order valence-corrected chi connectivity index (χ4v) is 5.91. The van der Waals surface area contributed by atoms with E-state index >= 15 is 0 Å². The monoisotopic (exact) mass is 522 g/mol. The summed E-state index contributed by atoms with van der Waals surface area (Å²) in [5.41, 5.74) is 3.41. The Morgan fingerprint density at radius 3 is 2.66 bits per heavy atom. The molecular weight excluding hydrogens is 497 g/mol. The van der Waals surface area contributed by atoms with E-state index in [0.29, 0.717) is 29.1 Å². The summed E-state index contributed by atoms with van der Waals surface area (Å²) in [7, 11) is 3.22. The number of aromatic nitrogens is 5. The first kappa shape index (κ1) is 24.4. The van der Waals surface area contributed by atoms with Gasteiger partial charge in [0.15, 0.2) is 29.0 Å². The number of ketones is 1. The zero-order chi connectivity index (χ0) is 26.6. The molecule has 2 bridgehead atoms. The Labute approximate surface area is 216 Å². The number of carbonyl (C=O) groups is 1. The van der Waals surface area contributed by atoms with Gasteiger partial charge in [-0.3, -0.25) is 19.4 Å². The molecule has 6 rings (SSSR count). The highest BCUT2D eigenvalue weighted by atomic mass is 19.2. The second kappa shape index (κ2) is 9.39. The number of benzene rings is 1. The average Bonchev–Trinajstić information content (AvgIpc) is 3.55. The topological polar surface area (TPSA) is 78.1 Å². The molecule has 196 valence electrons. The van der Waals surface area contributed by atoms with Crippen molar-refractivity contribution < 1.29 is 22.7 Å². The number of ether oxygens (including phenoxy) is 1. The van der Waals surface area contributed by atoms with Crippen molar-refractivity contribution in [2.45, 2.75) is 37.8 Å². The Morgan fingerprint density at radius 2 is 1.95 bits per heavy atom. The first-order chi connectivity index (χ1) is 18.4. The number of methoxy groups -OCH3 is 1. The van der Waals surface area contributed by atoms with E-state index < -0.39 is 17.5 Å². The summed E-state index contributed by atoms with van der Waals surface area (Å²) >= 11 is 0. The highest BCUT2D eigenvalue weighted by molar-refractivity contribution is 6.00. The molecule has 2 aliphatic heterocycles. The van der Waals surface area contributed by atoms with Crippen molar-refractivity contribution in [3.63, 3.8) is 0 Å². The third-order valence-electron chi connectivity index (χ3n) is 7.53. The fraction of sp³-hybridized carbons (Fsp3) is 0.333. The van der Waals surface area contributed by atoms with Gasteiger partial charge < -0.3 is 4.74 Å². The maximum Gasteiger partial charge on any atom is 0.194 e. The van der Waals surface area contributed by atoms with E-state index in [-0.39, 0.29) is 30.0 Å². The summed E-state index contributed by atoms with van der Waals surface area (Å²) in [5.74, 6) is -3.70. The van der Waals surface area contributed by atoms with E-state index in [9.17, 15) is 18.0 Å². The van der Waals surface area contributed by atoms with Gasteiger partial charge in [0, 0.05) is 42.8 Å². The van der Waals surface area contributed by atoms with Crippen molar-refractivity contribution in [2.24, 2.45) is 7.05 Å². The SMILES string of the molecule is COc1c(C(=O)CN2[C@@H]3CCC[C@H]2c2nn(C)c(-c4cc(F)c(F)c(F)c4)c2C3)cncc1-n1cccn1. The Kier molecular flexibility index (Phi) is 6.02. The molecule has 1 aromatic carbocycles. The Balaban J connectivity index is 1.34. The van der Waals surface area contributed by atoms with E-state index in [4.69, 9.17) is 9.84 Å². The molecule has 0 saturated carbocycles. The lowest BCUT2D eigenvalue weighted by atomic mass is 9.81.